The van der Waals surface area contributed by atoms with E-state index in [4.69, 9.17) is 4.98 Å². The number of aromatic amines is 1. The van der Waals surface area contributed by atoms with Gasteiger partial charge in [-0.3, -0.25) is 9.69 Å². The Balaban J connectivity index is 1.68. The monoisotopic (exact) mass is 340 g/mol. The fraction of sp³-hybridized carbons (Fsp3) is 0.500. The molecule has 0 saturated carbocycles. The summed E-state index contributed by atoms with van der Waals surface area (Å²) in [4.78, 5) is 25.0. The maximum Gasteiger partial charge on any atom is 0.255 e. The van der Waals surface area contributed by atoms with Crippen molar-refractivity contribution in [3.8, 4) is 0 Å². The van der Waals surface area contributed by atoms with Gasteiger partial charge in [-0.25, -0.2) is 4.98 Å². The number of benzene rings is 1. The molecule has 1 aliphatic rings. The first-order valence-electron chi connectivity index (χ1n) is 9.29. The largest absolute Gasteiger partial charge is 0.310 e. The lowest BCUT2D eigenvalue weighted by atomic mass is 10.1. The highest BCUT2D eigenvalue weighted by atomic mass is 16.1. The number of nitrogens with zero attached hydrogens (tertiary/aromatic N) is 3. The highest BCUT2D eigenvalue weighted by molar-refractivity contribution is 5.22. The van der Waals surface area contributed by atoms with E-state index in [1.54, 1.807) is 0 Å². The zero-order valence-corrected chi connectivity index (χ0v) is 15.3. The first-order chi connectivity index (χ1) is 12.2. The van der Waals surface area contributed by atoms with E-state index in [9.17, 15) is 4.79 Å². The van der Waals surface area contributed by atoms with Gasteiger partial charge in [-0.2, -0.15) is 0 Å². The van der Waals surface area contributed by atoms with Crippen molar-refractivity contribution in [2.24, 2.45) is 0 Å². The fourth-order valence-corrected chi connectivity index (χ4v) is 3.43. The Morgan fingerprint density at radius 1 is 1.20 bits per heavy atom. The van der Waals surface area contributed by atoms with Gasteiger partial charge in [0.05, 0.1) is 11.3 Å². The molecular weight excluding hydrogens is 312 g/mol. The Kier molecular flexibility index (Phi) is 6.00. The molecule has 0 spiro atoms. The molecule has 0 fully saturated rings. The SMILES string of the molecule is CCN(CC)CCc1nc2c(c(=O)[nH]1)CN(Cc1ccccc1)CC2. The summed E-state index contributed by atoms with van der Waals surface area (Å²) < 4.78 is 0. The van der Waals surface area contributed by atoms with Crippen molar-refractivity contribution in [2.45, 2.75) is 39.8 Å². The molecule has 3 rings (SSSR count). The molecule has 2 heterocycles. The second kappa shape index (κ2) is 8.41. The molecule has 0 amide bonds. The summed E-state index contributed by atoms with van der Waals surface area (Å²) >= 11 is 0. The Morgan fingerprint density at radius 2 is 1.96 bits per heavy atom. The second-order valence-electron chi connectivity index (χ2n) is 6.66. The number of likely N-dealkylation sites (N-methyl/N-ethyl adjacent to an activating group) is 1. The molecule has 1 aromatic carbocycles. The fourth-order valence-electron chi connectivity index (χ4n) is 3.43. The van der Waals surface area contributed by atoms with Gasteiger partial charge in [0.15, 0.2) is 0 Å². The highest BCUT2D eigenvalue weighted by Gasteiger charge is 2.21. The van der Waals surface area contributed by atoms with Crippen LogP contribution in [0.25, 0.3) is 0 Å². The number of aromatic nitrogens is 2. The van der Waals surface area contributed by atoms with Gasteiger partial charge in [0.1, 0.15) is 5.82 Å². The van der Waals surface area contributed by atoms with Crippen LogP contribution >= 0.6 is 0 Å². The van der Waals surface area contributed by atoms with Gasteiger partial charge in [0, 0.05) is 39.0 Å². The number of hydrogen-bond acceptors (Lipinski definition) is 4. The first kappa shape index (κ1) is 17.8. The molecule has 5 nitrogen and oxygen atoms in total. The molecule has 0 aliphatic carbocycles. The van der Waals surface area contributed by atoms with Crippen molar-refractivity contribution in [2.75, 3.05) is 26.2 Å². The van der Waals surface area contributed by atoms with E-state index in [0.717, 1.165) is 62.6 Å². The quantitative estimate of drug-likeness (QED) is 0.840. The average Bonchev–Trinajstić information content (AvgIpc) is 2.64. The maximum absolute atomic E-state index is 12.5. The van der Waals surface area contributed by atoms with E-state index >= 15 is 0 Å². The lowest BCUT2D eigenvalue weighted by molar-refractivity contribution is 0.241. The predicted octanol–water partition coefficient (Wildman–Crippen LogP) is 2.21. The van der Waals surface area contributed by atoms with Crippen LogP contribution in [0.15, 0.2) is 35.1 Å². The van der Waals surface area contributed by atoms with Crippen LogP contribution in [0.2, 0.25) is 0 Å². The molecule has 0 radical (unpaired) electrons. The van der Waals surface area contributed by atoms with Crippen LogP contribution in [0.4, 0.5) is 0 Å². The summed E-state index contributed by atoms with van der Waals surface area (Å²) in [6, 6.07) is 10.4. The third-order valence-corrected chi connectivity index (χ3v) is 5.00. The zero-order valence-electron chi connectivity index (χ0n) is 15.3. The molecular formula is C20H28N4O. The summed E-state index contributed by atoms with van der Waals surface area (Å²) in [5.41, 5.74) is 3.15. The number of hydrogen-bond donors (Lipinski definition) is 1. The molecule has 0 bridgehead atoms. The normalized spacial score (nSPS) is 14.7. The summed E-state index contributed by atoms with van der Waals surface area (Å²) in [5.74, 6) is 0.826. The van der Waals surface area contributed by atoms with Crippen molar-refractivity contribution in [1.29, 1.82) is 0 Å². The molecule has 0 unspecified atom stereocenters. The standard InChI is InChI=1S/C20H28N4O/c1-3-23(4-2)13-11-19-21-18-10-12-24(15-17(18)20(25)22-19)14-16-8-6-5-7-9-16/h5-9H,3-4,10-15H2,1-2H3,(H,21,22,25). The van der Waals surface area contributed by atoms with Gasteiger partial charge in [0.25, 0.3) is 5.56 Å². The minimum atomic E-state index is 0.0392. The van der Waals surface area contributed by atoms with E-state index in [1.807, 2.05) is 6.07 Å². The van der Waals surface area contributed by atoms with Crippen molar-refractivity contribution < 1.29 is 0 Å². The molecule has 5 heteroatoms. The van der Waals surface area contributed by atoms with Gasteiger partial charge in [0.2, 0.25) is 0 Å². The van der Waals surface area contributed by atoms with Crippen LogP contribution in [-0.2, 0) is 25.9 Å². The topological polar surface area (TPSA) is 52.2 Å². The maximum atomic E-state index is 12.5. The Hall–Kier alpha value is -1.98. The molecule has 25 heavy (non-hydrogen) atoms. The van der Waals surface area contributed by atoms with Crippen molar-refractivity contribution in [3.63, 3.8) is 0 Å². The highest BCUT2D eigenvalue weighted by Crippen LogP contribution is 2.16. The van der Waals surface area contributed by atoms with Gasteiger partial charge in [-0.05, 0) is 18.7 Å². The van der Waals surface area contributed by atoms with Gasteiger partial charge >= 0.3 is 0 Å². The van der Waals surface area contributed by atoms with Gasteiger partial charge in [-0.15, -0.1) is 0 Å². The Labute approximate surface area is 149 Å². The van der Waals surface area contributed by atoms with E-state index in [-0.39, 0.29) is 5.56 Å². The third kappa shape index (κ3) is 4.55. The van der Waals surface area contributed by atoms with E-state index in [2.05, 4.69) is 52.9 Å². The summed E-state index contributed by atoms with van der Waals surface area (Å²) in [5, 5.41) is 0. The molecule has 1 aromatic heterocycles. The molecule has 0 saturated heterocycles. The van der Waals surface area contributed by atoms with Gasteiger partial charge in [-0.1, -0.05) is 44.2 Å². The third-order valence-electron chi connectivity index (χ3n) is 5.00. The summed E-state index contributed by atoms with van der Waals surface area (Å²) in [7, 11) is 0. The average molecular weight is 340 g/mol. The first-order valence-corrected chi connectivity index (χ1v) is 9.29. The van der Waals surface area contributed by atoms with E-state index in [1.165, 1.54) is 5.56 Å². The summed E-state index contributed by atoms with van der Waals surface area (Å²) in [6.07, 6.45) is 1.66. The number of H-pyrrole nitrogens is 1. The molecule has 134 valence electrons. The number of rotatable bonds is 7. The lowest BCUT2D eigenvalue weighted by Gasteiger charge is -2.28. The van der Waals surface area contributed by atoms with Crippen LogP contribution in [0.3, 0.4) is 0 Å². The van der Waals surface area contributed by atoms with Gasteiger partial charge < -0.3 is 9.88 Å². The van der Waals surface area contributed by atoms with Crippen LogP contribution in [0, 0.1) is 0 Å². The predicted molar refractivity (Wildman–Crippen MR) is 101 cm³/mol. The lowest BCUT2D eigenvalue weighted by Crippen LogP contribution is -2.36. The molecule has 1 N–H and O–H groups in total. The Morgan fingerprint density at radius 3 is 2.68 bits per heavy atom. The van der Waals surface area contributed by atoms with Crippen molar-refractivity contribution in [1.82, 2.24) is 19.8 Å². The van der Waals surface area contributed by atoms with Crippen LogP contribution < -0.4 is 5.56 Å². The van der Waals surface area contributed by atoms with E-state index in [0.29, 0.717) is 6.54 Å². The van der Waals surface area contributed by atoms with Crippen LogP contribution in [0.5, 0.6) is 0 Å². The molecule has 2 aromatic rings. The minimum absolute atomic E-state index is 0.0392. The van der Waals surface area contributed by atoms with Crippen molar-refractivity contribution in [3.05, 3.63) is 63.3 Å². The summed E-state index contributed by atoms with van der Waals surface area (Å²) in [6.45, 7) is 9.83. The smallest absolute Gasteiger partial charge is 0.255 e. The Bertz CT molecular complexity index is 737. The molecule has 0 atom stereocenters. The van der Waals surface area contributed by atoms with E-state index < -0.39 is 0 Å². The number of nitrogens with one attached hydrogen (secondary N) is 1. The number of fused-ring (bicyclic) bond motifs is 1. The zero-order chi connectivity index (χ0) is 17.6. The molecule has 1 aliphatic heterocycles. The second-order valence-corrected chi connectivity index (χ2v) is 6.66. The van der Waals surface area contributed by atoms with Crippen LogP contribution in [-0.4, -0.2) is 45.9 Å². The van der Waals surface area contributed by atoms with Crippen LogP contribution in [0.1, 0.15) is 36.5 Å². The minimum Gasteiger partial charge on any atom is -0.310 e. The van der Waals surface area contributed by atoms with Crippen molar-refractivity contribution >= 4 is 0 Å².